The third-order valence-corrected chi connectivity index (χ3v) is 6.46. The molecule has 212 valence electrons. The average molecular weight is 571 g/mol. The lowest BCUT2D eigenvalue weighted by Crippen LogP contribution is -2.50. The number of fused-ring (bicyclic) bond motifs is 1. The molecule has 0 saturated heterocycles. The van der Waals surface area contributed by atoms with Gasteiger partial charge in [-0.1, -0.05) is 29.8 Å². The van der Waals surface area contributed by atoms with Crippen LogP contribution in [0.25, 0.3) is 0 Å². The Morgan fingerprint density at radius 2 is 1.92 bits per heavy atom. The molecular formula is C26H30ClF3N4O5. The summed E-state index contributed by atoms with van der Waals surface area (Å²) in [5, 5.41) is 11.5. The second-order valence-corrected chi connectivity index (χ2v) is 9.53. The molecule has 0 spiro atoms. The molecular weight excluding hydrogens is 541 g/mol. The number of hydrogen-bond acceptors (Lipinski definition) is 5. The number of nitrogens with one attached hydrogen (secondary N) is 1. The molecule has 1 heterocycles. The Kier molecular flexibility index (Phi) is 10.0. The van der Waals surface area contributed by atoms with E-state index in [0.29, 0.717) is 24.2 Å². The predicted molar refractivity (Wildman–Crippen MR) is 139 cm³/mol. The molecule has 0 fully saturated rings. The Balaban J connectivity index is 1.77. The van der Waals surface area contributed by atoms with Crippen LogP contribution in [0.4, 0.5) is 23.7 Å². The number of aliphatic hydroxyl groups excluding tert-OH is 1. The van der Waals surface area contributed by atoms with Crippen molar-refractivity contribution in [1.82, 2.24) is 15.1 Å². The highest BCUT2D eigenvalue weighted by Crippen LogP contribution is 2.31. The molecule has 2 N–H and O–H groups in total. The molecule has 1 atom stereocenters. The van der Waals surface area contributed by atoms with E-state index in [1.54, 1.807) is 38.2 Å². The summed E-state index contributed by atoms with van der Waals surface area (Å²) in [6.07, 6.45) is -4.10. The van der Waals surface area contributed by atoms with Crippen LogP contribution < -0.4 is 15.0 Å². The van der Waals surface area contributed by atoms with Crippen molar-refractivity contribution in [2.45, 2.75) is 32.1 Å². The van der Waals surface area contributed by atoms with Crippen LogP contribution in [0.2, 0.25) is 5.02 Å². The highest BCUT2D eigenvalue weighted by atomic mass is 35.5. The number of amides is 4. The van der Waals surface area contributed by atoms with Crippen LogP contribution in [-0.4, -0.2) is 84.9 Å². The van der Waals surface area contributed by atoms with E-state index in [1.807, 2.05) is 0 Å². The first kappa shape index (κ1) is 30.0. The van der Waals surface area contributed by atoms with Crippen molar-refractivity contribution in [2.24, 2.45) is 0 Å². The monoisotopic (exact) mass is 570 g/mol. The Bertz CT molecular complexity index is 1200. The van der Waals surface area contributed by atoms with Gasteiger partial charge in [0, 0.05) is 45.0 Å². The SMILES string of the molecule is C[C@@H]1CN(C(=O)c2ccc(OCC(F)(F)F)cc2Cl)c2ccccc2CN1C(=O)NCC(=O)N(C)CCCO. The second kappa shape index (κ2) is 13.0. The summed E-state index contributed by atoms with van der Waals surface area (Å²) < 4.78 is 42.2. The number of aliphatic hydroxyl groups is 1. The number of para-hydroxylation sites is 1. The van der Waals surface area contributed by atoms with E-state index >= 15 is 0 Å². The van der Waals surface area contributed by atoms with Crippen molar-refractivity contribution in [3.8, 4) is 5.75 Å². The Morgan fingerprint density at radius 3 is 2.59 bits per heavy atom. The normalized spacial score (nSPS) is 15.3. The summed E-state index contributed by atoms with van der Waals surface area (Å²) in [5.41, 5.74) is 1.29. The van der Waals surface area contributed by atoms with Gasteiger partial charge < -0.3 is 29.9 Å². The fourth-order valence-corrected chi connectivity index (χ4v) is 4.31. The van der Waals surface area contributed by atoms with Crippen molar-refractivity contribution >= 4 is 35.1 Å². The zero-order valence-electron chi connectivity index (χ0n) is 21.5. The molecule has 13 heteroatoms. The molecule has 0 bridgehead atoms. The number of alkyl halides is 3. The number of halogens is 4. The average Bonchev–Trinajstić information content (AvgIpc) is 3.04. The molecule has 39 heavy (non-hydrogen) atoms. The minimum atomic E-state index is -4.52. The van der Waals surface area contributed by atoms with Crippen LogP contribution >= 0.6 is 11.6 Å². The maximum absolute atomic E-state index is 13.6. The Morgan fingerprint density at radius 1 is 1.21 bits per heavy atom. The van der Waals surface area contributed by atoms with Crippen molar-refractivity contribution in [3.05, 3.63) is 58.6 Å². The van der Waals surface area contributed by atoms with Crippen molar-refractivity contribution in [3.63, 3.8) is 0 Å². The molecule has 0 aromatic heterocycles. The molecule has 2 aromatic carbocycles. The van der Waals surface area contributed by atoms with E-state index in [0.717, 1.165) is 6.07 Å². The first-order valence-corrected chi connectivity index (χ1v) is 12.6. The van der Waals surface area contributed by atoms with Gasteiger partial charge >= 0.3 is 12.2 Å². The summed E-state index contributed by atoms with van der Waals surface area (Å²) in [4.78, 5) is 43.4. The minimum Gasteiger partial charge on any atom is -0.484 e. The highest BCUT2D eigenvalue weighted by molar-refractivity contribution is 6.34. The predicted octanol–water partition coefficient (Wildman–Crippen LogP) is 3.68. The lowest BCUT2D eigenvalue weighted by molar-refractivity contribution is -0.153. The maximum atomic E-state index is 13.6. The highest BCUT2D eigenvalue weighted by Gasteiger charge is 2.33. The smallest absolute Gasteiger partial charge is 0.422 e. The third kappa shape index (κ3) is 7.99. The number of urea groups is 1. The number of likely N-dealkylation sites (N-methyl/N-ethyl adjacent to an activating group) is 1. The molecule has 2 aromatic rings. The quantitative estimate of drug-likeness (QED) is 0.504. The molecule has 0 unspecified atom stereocenters. The molecule has 1 aliphatic heterocycles. The van der Waals surface area contributed by atoms with Gasteiger partial charge in [0.1, 0.15) is 5.75 Å². The van der Waals surface area contributed by atoms with Gasteiger partial charge in [0.05, 0.1) is 17.1 Å². The van der Waals surface area contributed by atoms with Crippen molar-refractivity contribution in [2.75, 3.05) is 44.8 Å². The Hall–Kier alpha value is -3.51. The molecule has 9 nitrogen and oxygen atoms in total. The van der Waals surface area contributed by atoms with Gasteiger partial charge in [-0.3, -0.25) is 9.59 Å². The molecule has 0 saturated carbocycles. The largest absolute Gasteiger partial charge is 0.484 e. The van der Waals surface area contributed by atoms with Gasteiger partial charge in [0.25, 0.3) is 5.91 Å². The zero-order chi connectivity index (χ0) is 28.7. The van der Waals surface area contributed by atoms with Gasteiger partial charge in [0.2, 0.25) is 5.91 Å². The maximum Gasteiger partial charge on any atom is 0.422 e. The van der Waals surface area contributed by atoms with Crippen LogP contribution in [0.1, 0.15) is 29.3 Å². The number of anilines is 1. The van der Waals surface area contributed by atoms with E-state index in [4.69, 9.17) is 21.4 Å². The fourth-order valence-electron chi connectivity index (χ4n) is 4.06. The molecule has 1 aliphatic rings. The van der Waals surface area contributed by atoms with E-state index in [-0.39, 0.29) is 48.5 Å². The number of ether oxygens (including phenoxy) is 1. The lowest BCUT2D eigenvalue weighted by atomic mass is 10.1. The second-order valence-electron chi connectivity index (χ2n) is 9.12. The number of rotatable bonds is 8. The summed E-state index contributed by atoms with van der Waals surface area (Å²) >= 11 is 6.27. The number of carbonyl (C=O) groups is 3. The van der Waals surface area contributed by atoms with E-state index in [2.05, 4.69) is 5.32 Å². The van der Waals surface area contributed by atoms with Gasteiger partial charge in [-0.2, -0.15) is 13.2 Å². The van der Waals surface area contributed by atoms with E-state index in [9.17, 15) is 27.6 Å². The standard InChI is InChI=1S/C26H30ClF3N4O5/c1-17-14-34(24(37)20-9-8-19(12-21(20)27)39-16-26(28,29)30)22-7-4-3-6-18(22)15-33(17)25(38)31-13-23(36)32(2)10-5-11-35/h3-4,6-9,12,17,35H,5,10-11,13-16H2,1-2H3,(H,31,38)/t17-/m1/s1. The molecule has 3 rings (SSSR count). The van der Waals surface area contributed by atoms with E-state index in [1.165, 1.54) is 26.8 Å². The van der Waals surface area contributed by atoms with Gasteiger partial charge in [0.15, 0.2) is 6.61 Å². The summed E-state index contributed by atoms with van der Waals surface area (Å²) in [6.45, 7) is 0.605. The van der Waals surface area contributed by atoms with Crippen LogP contribution in [0.3, 0.4) is 0 Å². The van der Waals surface area contributed by atoms with Gasteiger partial charge in [-0.15, -0.1) is 0 Å². The van der Waals surface area contributed by atoms with Gasteiger partial charge in [-0.25, -0.2) is 4.79 Å². The summed E-state index contributed by atoms with van der Waals surface area (Å²) in [5.74, 6) is -0.934. The topological polar surface area (TPSA) is 102 Å². The first-order chi connectivity index (χ1) is 18.4. The Labute approximate surface area is 229 Å². The number of hydrogen-bond donors (Lipinski definition) is 2. The molecule has 0 radical (unpaired) electrons. The number of nitrogens with zero attached hydrogens (tertiary/aromatic N) is 3. The number of carbonyl (C=O) groups excluding carboxylic acids is 3. The fraction of sp³-hybridized carbons (Fsp3) is 0.423. The third-order valence-electron chi connectivity index (χ3n) is 6.15. The van der Waals surface area contributed by atoms with Crippen LogP contribution in [0.5, 0.6) is 5.75 Å². The van der Waals surface area contributed by atoms with Crippen molar-refractivity contribution < 1.29 is 37.4 Å². The van der Waals surface area contributed by atoms with Crippen LogP contribution in [-0.2, 0) is 11.3 Å². The van der Waals surface area contributed by atoms with Crippen molar-refractivity contribution in [1.29, 1.82) is 0 Å². The molecule has 4 amide bonds. The van der Waals surface area contributed by atoms with Crippen LogP contribution in [0, 0.1) is 0 Å². The van der Waals surface area contributed by atoms with E-state index < -0.39 is 30.8 Å². The number of benzene rings is 2. The van der Waals surface area contributed by atoms with Crippen LogP contribution in [0.15, 0.2) is 42.5 Å². The molecule has 0 aliphatic carbocycles. The minimum absolute atomic E-state index is 0.0505. The van der Waals surface area contributed by atoms with Gasteiger partial charge in [-0.05, 0) is 43.2 Å². The lowest BCUT2D eigenvalue weighted by Gasteiger charge is -2.29. The zero-order valence-corrected chi connectivity index (χ0v) is 22.3. The summed E-state index contributed by atoms with van der Waals surface area (Å²) in [7, 11) is 1.58. The first-order valence-electron chi connectivity index (χ1n) is 12.2. The summed E-state index contributed by atoms with van der Waals surface area (Å²) in [6, 6.07) is 9.76.